The number of rotatable bonds is 2. The predicted octanol–water partition coefficient (Wildman–Crippen LogP) is -1.19. The number of nitrogens with one attached hydrogen (secondary N) is 1. The van der Waals surface area contributed by atoms with E-state index in [1.54, 1.807) is 0 Å². The molecule has 1 aliphatic heterocycles. The van der Waals surface area contributed by atoms with Crippen molar-refractivity contribution in [1.82, 2.24) is 5.32 Å². The lowest BCUT2D eigenvalue weighted by molar-refractivity contribution is 0.152. The number of hydrogen-bond donors (Lipinski definition) is 3. The molecule has 0 aromatic carbocycles. The minimum atomic E-state index is 0.193. The summed E-state index contributed by atoms with van der Waals surface area (Å²) in [5, 5.41) is 20.5. The summed E-state index contributed by atoms with van der Waals surface area (Å²) in [5.41, 5.74) is 0. The normalized spacial score (nSPS) is 35.3. The Bertz CT molecular complexity index is 77.1. The molecule has 1 heterocycles. The molecule has 0 amide bonds. The highest BCUT2D eigenvalue weighted by atomic mass is 16.3. The van der Waals surface area contributed by atoms with E-state index >= 15 is 0 Å². The smallest absolute Gasteiger partial charge is 0.0475 e. The van der Waals surface area contributed by atoms with E-state index < -0.39 is 0 Å². The second-order valence-corrected chi connectivity index (χ2v) is 2.54. The number of aliphatic hydroxyl groups is 2. The van der Waals surface area contributed by atoms with Gasteiger partial charge in [-0.15, -0.1) is 0 Å². The molecule has 3 N–H and O–H groups in total. The van der Waals surface area contributed by atoms with Crippen molar-refractivity contribution in [1.29, 1.82) is 0 Å². The molecule has 0 aromatic heterocycles. The first-order valence-electron chi connectivity index (χ1n) is 3.31. The van der Waals surface area contributed by atoms with E-state index in [2.05, 4.69) is 5.32 Å². The Labute approximate surface area is 54.7 Å². The maximum Gasteiger partial charge on any atom is 0.0475 e. The Morgan fingerprint density at radius 3 is 1.89 bits per heavy atom. The summed E-state index contributed by atoms with van der Waals surface area (Å²) in [7, 11) is 0. The van der Waals surface area contributed by atoms with E-state index in [-0.39, 0.29) is 25.0 Å². The van der Waals surface area contributed by atoms with Crippen LogP contribution < -0.4 is 5.32 Å². The first-order chi connectivity index (χ1) is 4.38. The quantitative estimate of drug-likeness (QED) is 0.441. The molecule has 9 heavy (non-hydrogen) atoms. The van der Waals surface area contributed by atoms with Crippen molar-refractivity contribution in [3.05, 3.63) is 0 Å². The van der Waals surface area contributed by atoms with Crippen molar-refractivity contribution < 1.29 is 10.2 Å². The van der Waals surface area contributed by atoms with Gasteiger partial charge in [0, 0.05) is 38.1 Å². The van der Waals surface area contributed by atoms with Crippen molar-refractivity contribution in [2.45, 2.75) is 0 Å². The lowest BCUT2D eigenvalue weighted by Gasteiger charge is -2.11. The Hall–Kier alpha value is -0.120. The Kier molecular flexibility index (Phi) is 2.45. The highest BCUT2D eigenvalue weighted by Gasteiger charge is 2.24. The first kappa shape index (κ1) is 6.99. The molecule has 1 aliphatic rings. The zero-order valence-electron chi connectivity index (χ0n) is 5.38. The van der Waals surface area contributed by atoms with E-state index in [4.69, 9.17) is 10.2 Å². The van der Waals surface area contributed by atoms with Gasteiger partial charge in [-0.05, 0) is 0 Å². The molecule has 0 saturated carbocycles. The molecule has 3 nitrogen and oxygen atoms in total. The molecule has 0 bridgehead atoms. The van der Waals surface area contributed by atoms with Gasteiger partial charge in [-0.3, -0.25) is 0 Å². The van der Waals surface area contributed by atoms with E-state index in [0.29, 0.717) is 0 Å². The number of hydrogen-bond acceptors (Lipinski definition) is 3. The molecule has 1 rings (SSSR count). The third-order valence-electron chi connectivity index (χ3n) is 1.95. The van der Waals surface area contributed by atoms with Crippen molar-refractivity contribution in [3.63, 3.8) is 0 Å². The van der Waals surface area contributed by atoms with Gasteiger partial charge in [0.05, 0.1) is 0 Å². The summed E-state index contributed by atoms with van der Waals surface area (Å²) in [6.07, 6.45) is 0. The van der Waals surface area contributed by atoms with Crippen molar-refractivity contribution >= 4 is 0 Å². The van der Waals surface area contributed by atoms with Crippen molar-refractivity contribution in [2.24, 2.45) is 11.8 Å². The van der Waals surface area contributed by atoms with Gasteiger partial charge < -0.3 is 15.5 Å². The zero-order valence-corrected chi connectivity index (χ0v) is 5.38. The second-order valence-electron chi connectivity index (χ2n) is 2.54. The molecule has 0 radical (unpaired) electrons. The number of aliphatic hydroxyl groups excluding tert-OH is 2. The molecule has 0 aromatic rings. The van der Waals surface area contributed by atoms with Gasteiger partial charge in [0.25, 0.3) is 0 Å². The summed E-state index contributed by atoms with van der Waals surface area (Å²) in [5.74, 6) is 0.546. The molecule has 0 aliphatic carbocycles. The van der Waals surface area contributed by atoms with Crippen LogP contribution in [0.5, 0.6) is 0 Å². The van der Waals surface area contributed by atoms with Crippen molar-refractivity contribution in [3.8, 4) is 0 Å². The van der Waals surface area contributed by atoms with Gasteiger partial charge in [0.1, 0.15) is 0 Å². The molecule has 1 fully saturated rings. The maximum atomic E-state index is 8.72. The van der Waals surface area contributed by atoms with Crippen LogP contribution in [0.2, 0.25) is 0 Å². The second kappa shape index (κ2) is 3.15. The molecule has 2 atom stereocenters. The summed E-state index contributed by atoms with van der Waals surface area (Å²) in [6, 6.07) is 0. The summed E-state index contributed by atoms with van der Waals surface area (Å²) < 4.78 is 0. The van der Waals surface area contributed by atoms with Gasteiger partial charge in [-0.1, -0.05) is 0 Å². The van der Waals surface area contributed by atoms with Crippen LogP contribution >= 0.6 is 0 Å². The summed E-state index contributed by atoms with van der Waals surface area (Å²) in [4.78, 5) is 0. The Morgan fingerprint density at radius 2 is 1.56 bits per heavy atom. The fraction of sp³-hybridized carbons (Fsp3) is 1.00. The predicted molar refractivity (Wildman–Crippen MR) is 34.0 cm³/mol. The zero-order chi connectivity index (χ0) is 6.69. The van der Waals surface area contributed by atoms with Gasteiger partial charge >= 0.3 is 0 Å². The largest absolute Gasteiger partial charge is 0.396 e. The summed E-state index contributed by atoms with van der Waals surface area (Å²) in [6.45, 7) is 2.08. The standard InChI is InChI=1S/C6H13NO2/c8-3-5-1-7-2-6(5)4-9/h5-9H,1-4H2/t5-,6?/m1/s1. The molecule has 1 unspecified atom stereocenters. The van der Waals surface area contributed by atoms with Gasteiger partial charge in [-0.2, -0.15) is 0 Å². The molecule has 3 heteroatoms. The minimum Gasteiger partial charge on any atom is -0.396 e. The molecule has 0 spiro atoms. The van der Waals surface area contributed by atoms with Gasteiger partial charge in [0.15, 0.2) is 0 Å². The fourth-order valence-corrected chi connectivity index (χ4v) is 1.21. The van der Waals surface area contributed by atoms with Gasteiger partial charge in [0.2, 0.25) is 0 Å². The summed E-state index contributed by atoms with van der Waals surface area (Å²) >= 11 is 0. The van der Waals surface area contributed by atoms with Crippen LogP contribution in [0.1, 0.15) is 0 Å². The highest BCUT2D eigenvalue weighted by molar-refractivity contribution is 4.79. The van der Waals surface area contributed by atoms with E-state index in [9.17, 15) is 0 Å². The Morgan fingerprint density at radius 1 is 1.11 bits per heavy atom. The SMILES string of the molecule is OCC1CNC[C@@H]1CO. The van der Waals surface area contributed by atoms with Crippen LogP contribution in [0.15, 0.2) is 0 Å². The third kappa shape index (κ3) is 1.41. The fourth-order valence-electron chi connectivity index (χ4n) is 1.21. The molecule has 1 saturated heterocycles. The molecular formula is C6H13NO2. The van der Waals surface area contributed by atoms with Crippen LogP contribution in [0.4, 0.5) is 0 Å². The van der Waals surface area contributed by atoms with E-state index in [1.807, 2.05) is 0 Å². The van der Waals surface area contributed by atoms with Gasteiger partial charge in [-0.25, -0.2) is 0 Å². The van der Waals surface area contributed by atoms with E-state index in [0.717, 1.165) is 13.1 Å². The molecule has 54 valence electrons. The maximum absolute atomic E-state index is 8.72. The topological polar surface area (TPSA) is 52.5 Å². The molecular weight excluding hydrogens is 118 g/mol. The van der Waals surface area contributed by atoms with Crippen LogP contribution in [-0.4, -0.2) is 36.5 Å². The minimum absolute atomic E-state index is 0.193. The van der Waals surface area contributed by atoms with Crippen LogP contribution in [0, 0.1) is 11.8 Å². The van der Waals surface area contributed by atoms with E-state index in [1.165, 1.54) is 0 Å². The van der Waals surface area contributed by atoms with Crippen LogP contribution in [0.25, 0.3) is 0 Å². The Balaban J connectivity index is 2.32. The first-order valence-corrected chi connectivity index (χ1v) is 3.31. The van der Waals surface area contributed by atoms with Crippen LogP contribution in [0.3, 0.4) is 0 Å². The van der Waals surface area contributed by atoms with Crippen molar-refractivity contribution in [2.75, 3.05) is 26.3 Å². The average molecular weight is 131 g/mol. The monoisotopic (exact) mass is 131 g/mol. The van der Waals surface area contributed by atoms with Crippen LogP contribution in [-0.2, 0) is 0 Å². The third-order valence-corrected chi connectivity index (χ3v) is 1.95. The highest BCUT2D eigenvalue weighted by Crippen LogP contribution is 2.14. The lowest BCUT2D eigenvalue weighted by atomic mass is 9.98. The average Bonchev–Trinajstić information content (AvgIpc) is 2.33. The lowest BCUT2D eigenvalue weighted by Crippen LogP contribution is -2.19.